The van der Waals surface area contributed by atoms with Crippen molar-refractivity contribution >= 4 is 0 Å². The summed E-state index contributed by atoms with van der Waals surface area (Å²) in [6, 6.07) is 10.7. The molecule has 0 amide bonds. The lowest BCUT2D eigenvalue weighted by molar-refractivity contribution is 0.387. The first-order valence-corrected chi connectivity index (χ1v) is 6.96. The summed E-state index contributed by atoms with van der Waals surface area (Å²) in [6.07, 6.45) is 1.76. The third-order valence-electron chi connectivity index (χ3n) is 3.45. The number of hydrogen-bond donors (Lipinski definition) is 1. The molecule has 3 nitrogen and oxygen atoms in total. The molecule has 1 atom stereocenters. The second kappa shape index (κ2) is 6.53. The zero-order valence-corrected chi connectivity index (χ0v) is 12.6. The first-order valence-electron chi connectivity index (χ1n) is 6.96. The molecule has 0 spiro atoms. The van der Waals surface area contributed by atoms with E-state index >= 15 is 0 Å². The van der Waals surface area contributed by atoms with Crippen LogP contribution in [0.5, 0.6) is 5.88 Å². The summed E-state index contributed by atoms with van der Waals surface area (Å²) in [5, 5.41) is 3.53. The molecule has 2 aromatic rings. The number of aryl methyl sites for hydroxylation is 2. The fourth-order valence-electron chi connectivity index (χ4n) is 2.53. The summed E-state index contributed by atoms with van der Waals surface area (Å²) in [4.78, 5) is 4.31. The normalized spacial score (nSPS) is 12.2. The Balaban J connectivity index is 2.50. The van der Waals surface area contributed by atoms with Crippen LogP contribution < -0.4 is 10.1 Å². The molecule has 1 unspecified atom stereocenters. The zero-order chi connectivity index (χ0) is 14.5. The number of pyridine rings is 1. The van der Waals surface area contributed by atoms with Gasteiger partial charge in [-0.25, -0.2) is 4.98 Å². The Morgan fingerprint density at radius 3 is 2.65 bits per heavy atom. The monoisotopic (exact) mass is 270 g/mol. The highest BCUT2D eigenvalue weighted by molar-refractivity contribution is 5.42. The number of ether oxygens (including phenoxy) is 1. The average molecular weight is 270 g/mol. The molecule has 2 rings (SSSR count). The maximum Gasteiger partial charge on any atom is 0.218 e. The van der Waals surface area contributed by atoms with E-state index in [9.17, 15) is 0 Å². The molecule has 106 valence electrons. The molecule has 1 aromatic heterocycles. The van der Waals surface area contributed by atoms with Gasteiger partial charge in [-0.3, -0.25) is 0 Å². The van der Waals surface area contributed by atoms with Crippen molar-refractivity contribution < 1.29 is 4.74 Å². The van der Waals surface area contributed by atoms with Crippen molar-refractivity contribution in [3.63, 3.8) is 0 Å². The molecular formula is C17H22N2O. The summed E-state index contributed by atoms with van der Waals surface area (Å²) < 4.78 is 5.41. The number of hydrogen-bond acceptors (Lipinski definition) is 3. The van der Waals surface area contributed by atoms with E-state index in [1.807, 2.05) is 6.07 Å². The third-order valence-corrected chi connectivity index (χ3v) is 3.45. The largest absolute Gasteiger partial charge is 0.481 e. The predicted molar refractivity (Wildman–Crippen MR) is 82.2 cm³/mol. The zero-order valence-electron chi connectivity index (χ0n) is 12.6. The maximum atomic E-state index is 5.41. The average Bonchev–Trinajstić information content (AvgIpc) is 2.45. The van der Waals surface area contributed by atoms with Crippen LogP contribution in [0.1, 0.15) is 35.2 Å². The van der Waals surface area contributed by atoms with Gasteiger partial charge in [0.2, 0.25) is 5.88 Å². The molecule has 0 aliphatic rings. The third kappa shape index (κ3) is 2.99. The summed E-state index contributed by atoms with van der Waals surface area (Å²) >= 11 is 0. The highest BCUT2D eigenvalue weighted by Gasteiger charge is 2.19. The van der Waals surface area contributed by atoms with Crippen LogP contribution in [0, 0.1) is 13.8 Å². The SMILES string of the molecule is CCNC(c1ccc(C)cc1C)c1cccnc1OC. The lowest BCUT2D eigenvalue weighted by Crippen LogP contribution is -2.23. The predicted octanol–water partition coefficient (Wildman–Crippen LogP) is 3.41. The van der Waals surface area contributed by atoms with Crippen molar-refractivity contribution in [1.82, 2.24) is 10.3 Å². The first kappa shape index (κ1) is 14.5. The van der Waals surface area contributed by atoms with Gasteiger partial charge in [0, 0.05) is 11.8 Å². The minimum Gasteiger partial charge on any atom is -0.481 e. The van der Waals surface area contributed by atoms with E-state index < -0.39 is 0 Å². The number of benzene rings is 1. The van der Waals surface area contributed by atoms with Crippen molar-refractivity contribution in [2.75, 3.05) is 13.7 Å². The Bertz CT molecular complexity index is 581. The molecule has 0 radical (unpaired) electrons. The molecule has 3 heteroatoms. The summed E-state index contributed by atoms with van der Waals surface area (Å²) in [6.45, 7) is 7.26. The number of aromatic nitrogens is 1. The highest BCUT2D eigenvalue weighted by Crippen LogP contribution is 2.30. The highest BCUT2D eigenvalue weighted by atomic mass is 16.5. The van der Waals surface area contributed by atoms with Crippen LogP contribution in [0.2, 0.25) is 0 Å². The second-order valence-corrected chi connectivity index (χ2v) is 4.95. The van der Waals surface area contributed by atoms with E-state index in [4.69, 9.17) is 4.74 Å². The Labute approximate surface area is 121 Å². The molecule has 0 saturated carbocycles. The quantitative estimate of drug-likeness (QED) is 0.904. The summed E-state index contributed by atoms with van der Waals surface area (Å²) in [7, 11) is 1.66. The van der Waals surface area contributed by atoms with Crippen molar-refractivity contribution in [1.29, 1.82) is 0 Å². The molecule has 20 heavy (non-hydrogen) atoms. The minimum atomic E-state index is 0.101. The van der Waals surface area contributed by atoms with Gasteiger partial charge in [0.25, 0.3) is 0 Å². The molecule has 0 aliphatic heterocycles. The van der Waals surface area contributed by atoms with Crippen LogP contribution in [0.25, 0.3) is 0 Å². The fraction of sp³-hybridized carbons (Fsp3) is 0.353. The van der Waals surface area contributed by atoms with Crippen molar-refractivity contribution in [3.05, 3.63) is 58.8 Å². The van der Waals surface area contributed by atoms with Crippen molar-refractivity contribution in [2.45, 2.75) is 26.8 Å². The van der Waals surface area contributed by atoms with Gasteiger partial charge in [-0.1, -0.05) is 36.8 Å². The Hall–Kier alpha value is -1.87. The molecule has 0 fully saturated rings. The molecule has 1 N–H and O–H groups in total. The summed E-state index contributed by atoms with van der Waals surface area (Å²) in [5.74, 6) is 0.679. The van der Waals surface area contributed by atoms with Gasteiger partial charge in [0.1, 0.15) is 0 Å². The Kier molecular flexibility index (Phi) is 4.74. The van der Waals surface area contributed by atoms with Gasteiger partial charge in [0.15, 0.2) is 0 Å². The second-order valence-electron chi connectivity index (χ2n) is 4.95. The molecule has 0 saturated heterocycles. The van der Waals surface area contributed by atoms with Gasteiger partial charge in [0.05, 0.1) is 13.2 Å². The van der Waals surface area contributed by atoms with E-state index in [0.29, 0.717) is 5.88 Å². The Morgan fingerprint density at radius 1 is 1.20 bits per heavy atom. The van der Waals surface area contributed by atoms with Crippen molar-refractivity contribution in [2.24, 2.45) is 0 Å². The fourth-order valence-corrected chi connectivity index (χ4v) is 2.53. The maximum absolute atomic E-state index is 5.41. The number of methoxy groups -OCH3 is 1. The number of nitrogens with one attached hydrogen (secondary N) is 1. The molecular weight excluding hydrogens is 248 g/mol. The lowest BCUT2D eigenvalue weighted by atomic mass is 9.94. The summed E-state index contributed by atoms with van der Waals surface area (Å²) in [5.41, 5.74) is 4.90. The molecule has 0 aliphatic carbocycles. The lowest BCUT2D eigenvalue weighted by Gasteiger charge is -2.22. The van der Waals surface area contributed by atoms with Crippen LogP contribution in [-0.4, -0.2) is 18.6 Å². The van der Waals surface area contributed by atoms with Crippen LogP contribution in [0.15, 0.2) is 36.5 Å². The van der Waals surface area contributed by atoms with Crippen LogP contribution in [0.3, 0.4) is 0 Å². The smallest absolute Gasteiger partial charge is 0.218 e. The van der Waals surface area contributed by atoms with Gasteiger partial charge in [-0.05, 0) is 37.6 Å². The molecule has 0 bridgehead atoms. The van der Waals surface area contributed by atoms with Gasteiger partial charge < -0.3 is 10.1 Å². The van der Waals surface area contributed by atoms with E-state index in [-0.39, 0.29) is 6.04 Å². The van der Waals surface area contributed by atoms with E-state index in [2.05, 4.69) is 55.3 Å². The van der Waals surface area contributed by atoms with Gasteiger partial charge in [-0.2, -0.15) is 0 Å². The number of nitrogens with zero attached hydrogens (tertiary/aromatic N) is 1. The van der Waals surface area contributed by atoms with Gasteiger partial charge >= 0.3 is 0 Å². The molecule has 1 aromatic carbocycles. The first-order chi connectivity index (χ1) is 9.67. The van der Waals surface area contributed by atoms with Crippen LogP contribution >= 0.6 is 0 Å². The van der Waals surface area contributed by atoms with Crippen LogP contribution in [0.4, 0.5) is 0 Å². The van der Waals surface area contributed by atoms with Crippen LogP contribution in [-0.2, 0) is 0 Å². The van der Waals surface area contributed by atoms with E-state index in [1.165, 1.54) is 16.7 Å². The number of rotatable bonds is 5. The molecule has 1 heterocycles. The Morgan fingerprint density at radius 2 is 2.00 bits per heavy atom. The topological polar surface area (TPSA) is 34.2 Å². The standard InChI is InChI=1S/C17H22N2O/c1-5-18-16(14-9-8-12(2)11-13(14)3)15-7-6-10-19-17(15)20-4/h6-11,16,18H,5H2,1-4H3. The van der Waals surface area contributed by atoms with E-state index in [0.717, 1.165) is 12.1 Å². The van der Waals surface area contributed by atoms with Gasteiger partial charge in [-0.15, -0.1) is 0 Å². The van der Waals surface area contributed by atoms with E-state index in [1.54, 1.807) is 13.3 Å². The minimum absolute atomic E-state index is 0.101. The van der Waals surface area contributed by atoms with Crippen molar-refractivity contribution in [3.8, 4) is 5.88 Å².